The number of hydrogen-bond acceptors (Lipinski definition) is 7. The Hall–Kier alpha value is -4.46. The zero-order valence-corrected chi connectivity index (χ0v) is 23.9. The molecule has 1 heterocycles. The van der Waals surface area contributed by atoms with Gasteiger partial charge >= 0.3 is 0 Å². The molecule has 210 valence electrons. The molecule has 8 nitrogen and oxygen atoms in total. The second-order valence-electron chi connectivity index (χ2n) is 10.6. The number of ether oxygens (including phenoxy) is 4. The van der Waals surface area contributed by atoms with Gasteiger partial charge in [-0.2, -0.15) is 0 Å². The van der Waals surface area contributed by atoms with Gasteiger partial charge in [0.1, 0.15) is 17.3 Å². The Labute approximate surface area is 234 Å². The lowest BCUT2D eigenvalue weighted by atomic mass is 9.85. The Morgan fingerprint density at radius 1 is 0.800 bits per heavy atom. The number of carbonyl (C=O) groups excluding carboxylic acids is 2. The maximum absolute atomic E-state index is 13.6. The van der Waals surface area contributed by atoms with Crippen molar-refractivity contribution in [2.75, 3.05) is 28.4 Å². The lowest BCUT2D eigenvalue weighted by Gasteiger charge is -2.26. The van der Waals surface area contributed by atoms with E-state index in [1.165, 1.54) is 19.1 Å². The molecule has 1 aliphatic rings. The van der Waals surface area contributed by atoms with Crippen LogP contribution < -0.4 is 18.9 Å². The first-order valence-electron chi connectivity index (χ1n) is 12.9. The highest BCUT2D eigenvalue weighted by atomic mass is 16.5. The monoisotopic (exact) mass is 545 g/mol. The molecule has 1 atom stereocenters. The standard InChI is InChI=1S/C32H35NO7/c1-32(2,3)21-11-15-24(38-5)23(17-21)29(34)27-28(20-9-12-22(37-4)13-10-20)33(31(36)30(27)35)18-19-8-14-25(39-6)26(16-19)40-7/h8-17,28,34H,18H2,1-7H3/b29-27+. The van der Waals surface area contributed by atoms with Gasteiger partial charge < -0.3 is 29.0 Å². The molecule has 0 saturated carbocycles. The number of ketones is 1. The molecule has 3 aromatic rings. The molecule has 1 fully saturated rings. The first-order chi connectivity index (χ1) is 19.0. The van der Waals surface area contributed by atoms with E-state index in [2.05, 4.69) is 20.8 Å². The number of Topliss-reactive ketones (excluding diaryl/α,β-unsaturated/α-hetero) is 1. The molecule has 0 aromatic heterocycles. The van der Waals surface area contributed by atoms with E-state index in [0.717, 1.165) is 11.1 Å². The zero-order chi connectivity index (χ0) is 29.2. The minimum atomic E-state index is -0.859. The normalized spacial score (nSPS) is 16.7. The molecule has 1 saturated heterocycles. The number of likely N-dealkylation sites (tertiary alicyclic amines) is 1. The summed E-state index contributed by atoms with van der Waals surface area (Å²) in [6, 6.07) is 17.0. The van der Waals surface area contributed by atoms with Gasteiger partial charge in [-0.3, -0.25) is 9.59 Å². The molecule has 0 spiro atoms. The van der Waals surface area contributed by atoms with Gasteiger partial charge in [0.15, 0.2) is 11.5 Å². The summed E-state index contributed by atoms with van der Waals surface area (Å²) in [5, 5.41) is 11.7. The molecule has 0 aliphatic carbocycles. The summed E-state index contributed by atoms with van der Waals surface area (Å²) in [6.07, 6.45) is 0. The highest BCUT2D eigenvalue weighted by molar-refractivity contribution is 6.46. The zero-order valence-electron chi connectivity index (χ0n) is 23.9. The molecular weight excluding hydrogens is 510 g/mol. The number of amides is 1. The largest absolute Gasteiger partial charge is 0.507 e. The summed E-state index contributed by atoms with van der Waals surface area (Å²) in [4.78, 5) is 28.6. The number of aliphatic hydroxyl groups is 1. The average Bonchev–Trinajstić information content (AvgIpc) is 3.20. The first-order valence-corrected chi connectivity index (χ1v) is 12.9. The fourth-order valence-corrected chi connectivity index (χ4v) is 4.86. The van der Waals surface area contributed by atoms with Gasteiger partial charge in [0.25, 0.3) is 11.7 Å². The third kappa shape index (κ3) is 5.34. The first kappa shape index (κ1) is 28.5. The Morgan fingerprint density at radius 3 is 2.00 bits per heavy atom. The van der Waals surface area contributed by atoms with Crippen LogP contribution in [-0.4, -0.2) is 50.1 Å². The van der Waals surface area contributed by atoms with Crippen LogP contribution in [0.1, 0.15) is 49.1 Å². The third-order valence-electron chi connectivity index (χ3n) is 7.09. The molecule has 8 heteroatoms. The summed E-state index contributed by atoms with van der Waals surface area (Å²) in [6.45, 7) is 6.26. The average molecular weight is 546 g/mol. The van der Waals surface area contributed by atoms with Crippen LogP contribution >= 0.6 is 0 Å². The summed E-state index contributed by atoms with van der Waals surface area (Å²) in [7, 11) is 6.14. The van der Waals surface area contributed by atoms with Crippen molar-refractivity contribution in [2.24, 2.45) is 0 Å². The van der Waals surface area contributed by atoms with Crippen LogP contribution in [0.15, 0.2) is 66.2 Å². The molecular formula is C32H35NO7. The van der Waals surface area contributed by atoms with Gasteiger partial charge in [-0.25, -0.2) is 0 Å². The minimum Gasteiger partial charge on any atom is -0.507 e. The van der Waals surface area contributed by atoms with Crippen LogP contribution in [0.5, 0.6) is 23.0 Å². The van der Waals surface area contributed by atoms with E-state index in [0.29, 0.717) is 34.1 Å². The van der Waals surface area contributed by atoms with E-state index in [4.69, 9.17) is 18.9 Å². The topological polar surface area (TPSA) is 94.5 Å². The number of rotatable bonds is 8. The van der Waals surface area contributed by atoms with E-state index in [-0.39, 0.29) is 23.3 Å². The number of aliphatic hydroxyl groups excluding tert-OH is 1. The lowest BCUT2D eigenvalue weighted by molar-refractivity contribution is -0.140. The van der Waals surface area contributed by atoms with Crippen molar-refractivity contribution in [3.05, 3.63) is 88.5 Å². The van der Waals surface area contributed by atoms with Crippen LogP contribution in [-0.2, 0) is 21.5 Å². The van der Waals surface area contributed by atoms with Crippen molar-refractivity contribution in [1.82, 2.24) is 4.90 Å². The van der Waals surface area contributed by atoms with E-state index < -0.39 is 17.7 Å². The second-order valence-corrected chi connectivity index (χ2v) is 10.6. The van der Waals surface area contributed by atoms with Gasteiger partial charge in [-0.05, 0) is 58.5 Å². The number of hydrogen-bond donors (Lipinski definition) is 1. The predicted molar refractivity (Wildman–Crippen MR) is 152 cm³/mol. The molecule has 4 rings (SSSR count). The van der Waals surface area contributed by atoms with Crippen molar-refractivity contribution in [2.45, 2.75) is 38.8 Å². The Morgan fingerprint density at radius 2 is 1.43 bits per heavy atom. The molecule has 1 N–H and O–H groups in total. The quantitative estimate of drug-likeness (QED) is 0.222. The Balaban J connectivity index is 1.91. The van der Waals surface area contributed by atoms with Gasteiger partial charge in [0.2, 0.25) is 0 Å². The fourth-order valence-electron chi connectivity index (χ4n) is 4.86. The van der Waals surface area contributed by atoms with Gasteiger partial charge in [0.05, 0.1) is 45.6 Å². The maximum atomic E-state index is 13.6. The second kappa shape index (κ2) is 11.3. The number of carbonyl (C=O) groups is 2. The van der Waals surface area contributed by atoms with E-state index in [1.54, 1.807) is 62.8 Å². The highest BCUT2D eigenvalue weighted by Crippen LogP contribution is 2.43. The van der Waals surface area contributed by atoms with Gasteiger partial charge in [-0.1, -0.05) is 45.0 Å². The lowest BCUT2D eigenvalue weighted by Crippen LogP contribution is -2.29. The molecule has 0 radical (unpaired) electrons. The van der Waals surface area contributed by atoms with E-state index in [1.807, 2.05) is 12.1 Å². The van der Waals surface area contributed by atoms with Crippen molar-refractivity contribution < 1.29 is 33.6 Å². The summed E-state index contributed by atoms with van der Waals surface area (Å²) < 4.78 is 21.6. The molecule has 3 aromatic carbocycles. The van der Waals surface area contributed by atoms with Gasteiger partial charge in [0, 0.05) is 6.54 Å². The maximum Gasteiger partial charge on any atom is 0.295 e. The highest BCUT2D eigenvalue weighted by Gasteiger charge is 2.46. The van der Waals surface area contributed by atoms with E-state index >= 15 is 0 Å². The van der Waals surface area contributed by atoms with Crippen molar-refractivity contribution in [3.63, 3.8) is 0 Å². The summed E-state index contributed by atoms with van der Waals surface area (Å²) in [5.74, 6) is 0.277. The third-order valence-corrected chi connectivity index (χ3v) is 7.09. The minimum absolute atomic E-state index is 0.0139. The molecule has 40 heavy (non-hydrogen) atoms. The molecule has 1 unspecified atom stereocenters. The number of nitrogens with zero attached hydrogens (tertiary/aromatic N) is 1. The van der Waals surface area contributed by atoms with Crippen molar-refractivity contribution in [3.8, 4) is 23.0 Å². The molecule has 0 bridgehead atoms. The summed E-state index contributed by atoms with van der Waals surface area (Å²) >= 11 is 0. The van der Waals surface area contributed by atoms with Crippen LogP contribution in [0, 0.1) is 0 Å². The van der Waals surface area contributed by atoms with Crippen molar-refractivity contribution >= 4 is 17.4 Å². The van der Waals surface area contributed by atoms with Crippen LogP contribution in [0.2, 0.25) is 0 Å². The van der Waals surface area contributed by atoms with Crippen LogP contribution in [0.25, 0.3) is 5.76 Å². The number of benzene rings is 3. The van der Waals surface area contributed by atoms with Gasteiger partial charge in [-0.15, -0.1) is 0 Å². The fraction of sp³-hybridized carbons (Fsp3) is 0.312. The molecule has 1 amide bonds. The number of methoxy groups -OCH3 is 4. The summed E-state index contributed by atoms with van der Waals surface area (Å²) in [5.41, 5.74) is 2.42. The van der Waals surface area contributed by atoms with E-state index in [9.17, 15) is 14.7 Å². The SMILES string of the molecule is COc1ccc(C2/C(=C(\O)c3cc(C(C)(C)C)ccc3OC)C(=O)C(=O)N2Cc2ccc(OC)c(OC)c2)cc1. The van der Waals surface area contributed by atoms with Crippen LogP contribution in [0.4, 0.5) is 0 Å². The predicted octanol–water partition coefficient (Wildman–Crippen LogP) is 5.64. The van der Waals surface area contributed by atoms with Crippen molar-refractivity contribution in [1.29, 1.82) is 0 Å². The Kier molecular flexibility index (Phi) is 8.09. The van der Waals surface area contributed by atoms with Crippen LogP contribution in [0.3, 0.4) is 0 Å². The Bertz CT molecular complexity index is 1450. The smallest absolute Gasteiger partial charge is 0.295 e. The molecule has 1 aliphatic heterocycles.